The second-order valence-corrected chi connectivity index (χ2v) is 5.94. The number of nitrogens with one attached hydrogen (secondary N) is 1. The quantitative estimate of drug-likeness (QED) is 0.604. The standard InChI is InChI=1S/C15H27NO2/c1-5-12(14(17)18-4)8-10-16-13-7-6-9-15(2,3)11-13/h8,13,16H,5-7,9-11H2,1-4H3. The van der Waals surface area contributed by atoms with E-state index in [0.29, 0.717) is 11.5 Å². The molecule has 3 nitrogen and oxygen atoms in total. The lowest BCUT2D eigenvalue weighted by molar-refractivity contribution is -0.136. The van der Waals surface area contributed by atoms with E-state index in [4.69, 9.17) is 4.74 Å². The Labute approximate surface area is 111 Å². The fraction of sp³-hybridized carbons (Fsp3) is 0.800. The van der Waals surface area contributed by atoms with E-state index in [-0.39, 0.29) is 5.97 Å². The molecule has 0 aromatic rings. The molecule has 3 heteroatoms. The molecule has 0 radical (unpaired) electrons. The maximum absolute atomic E-state index is 11.4. The first-order chi connectivity index (χ1) is 8.48. The zero-order chi connectivity index (χ0) is 13.6. The van der Waals surface area contributed by atoms with Crippen LogP contribution < -0.4 is 5.32 Å². The minimum atomic E-state index is -0.205. The molecule has 0 aromatic carbocycles. The maximum atomic E-state index is 11.4. The maximum Gasteiger partial charge on any atom is 0.333 e. The van der Waals surface area contributed by atoms with E-state index in [1.54, 1.807) is 0 Å². The number of hydrogen-bond acceptors (Lipinski definition) is 3. The van der Waals surface area contributed by atoms with Gasteiger partial charge in [-0.15, -0.1) is 0 Å². The monoisotopic (exact) mass is 253 g/mol. The summed E-state index contributed by atoms with van der Waals surface area (Å²) >= 11 is 0. The van der Waals surface area contributed by atoms with Crippen LogP contribution in [0.5, 0.6) is 0 Å². The van der Waals surface area contributed by atoms with E-state index in [0.717, 1.165) is 18.5 Å². The third-order valence-corrected chi connectivity index (χ3v) is 3.79. The lowest BCUT2D eigenvalue weighted by atomic mass is 9.75. The Hall–Kier alpha value is -0.830. The number of carbonyl (C=O) groups excluding carboxylic acids is 1. The summed E-state index contributed by atoms with van der Waals surface area (Å²) in [5.74, 6) is -0.205. The van der Waals surface area contributed by atoms with Gasteiger partial charge in [0, 0.05) is 18.2 Å². The molecule has 1 rings (SSSR count). The van der Waals surface area contributed by atoms with Crippen molar-refractivity contribution in [2.45, 2.75) is 58.9 Å². The van der Waals surface area contributed by atoms with Gasteiger partial charge in [0.1, 0.15) is 0 Å². The Morgan fingerprint density at radius 3 is 2.78 bits per heavy atom. The molecule has 0 amide bonds. The molecule has 0 heterocycles. The van der Waals surface area contributed by atoms with Crippen LogP contribution in [0.4, 0.5) is 0 Å². The van der Waals surface area contributed by atoms with Crippen LogP contribution in [0, 0.1) is 5.41 Å². The van der Waals surface area contributed by atoms with Crippen molar-refractivity contribution in [1.29, 1.82) is 0 Å². The Morgan fingerprint density at radius 2 is 2.22 bits per heavy atom. The number of ether oxygens (including phenoxy) is 1. The molecule has 18 heavy (non-hydrogen) atoms. The average Bonchev–Trinajstić information content (AvgIpc) is 2.32. The molecule has 1 aliphatic rings. The summed E-state index contributed by atoms with van der Waals surface area (Å²) in [7, 11) is 1.43. The molecule has 0 aromatic heterocycles. The van der Waals surface area contributed by atoms with Gasteiger partial charge in [-0.25, -0.2) is 4.79 Å². The van der Waals surface area contributed by atoms with Gasteiger partial charge < -0.3 is 10.1 Å². The lowest BCUT2D eigenvalue weighted by Crippen LogP contribution is -2.37. The lowest BCUT2D eigenvalue weighted by Gasteiger charge is -2.35. The molecule has 1 N–H and O–H groups in total. The normalized spacial score (nSPS) is 23.8. The van der Waals surface area contributed by atoms with Gasteiger partial charge in [-0.1, -0.05) is 33.3 Å². The summed E-state index contributed by atoms with van der Waals surface area (Å²) in [6.45, 7) is 7.41. The second kappa shape index (κ2) is 6.93. The molecule has 0 saturated heterocycles. The Balaban J connectivity index is 2.40. The summed E-state index contributed by atoms with van der Waals surface area (Å²) in [5.41, 5.74) is 1.22. The highest BCUT2D eigenvalue weighted by molar-refractivity contribution is 5.88. The first-order valence-corrected chi connectivity index (χ1v) is 6.99. The van der Waals surface area contributed by atoms with Gasteiger partial charge in [-0.2, -0.15) is 0 Å². The van der Waals surface area contributed by atoms with Crippen LogP contribution in [0.25, 0.3) is 0 Å². The number of esters is 1. The molecule has 0 spiro atoms. The zero-order valence-electron chi connectivity index (χ0n) is 12.2. The van der Waals surface area contributed by atoms with E-state index >= 15 is 0 Å². The molecule has 0 bridgehead atoms. The zero-order valence-corrected chi connectivity index (χ0v) is 12.2. The molecule has 1 unspecified atom stereocenters. The van der Waals surface area contributed by atoms with Gasteiger partial charge in [-0.05, 0) is 31.1 Å². The van der Waals surface area contributed by atoms with Crippen molar-refractivity contribution in [2.24, 2.45) is 5.41 Å². The van der Waals surface area contributed by atoms with Gasteiger partial charge in [0.2, 0.25) is 0 Å². The highest BCUT2D eigenvalue weighted by atomic mass is 16.5. The van der Waals surface area contributed by atoms with Crippen LogP contribution in [0.2, 0.25) is 0 Å². The fourth-order valence-corrected chi connectivity index (χ4v) is 2.72. The summed E-state index contributed by atoms with van der Waals surface area (Å²) in [6.07, 6.45) is 7.78. The van der Waals surface area contributed by atoms with Crippen molar-refractivity contribution < 1.29 is 9.53 Å². The summed E-state index contributed by atoms with van der Waals surface area (Å²) in [6, 6.07) is 0.584. The molecule has 1 aliphatic carbocycles. The SMILES string of the molecule is CCC(=CCNC1CCCC(C)(C)C1)C(=O)OC. The molecule has 1 atom stereocenters. The van der Waals surface area contributed by atoms with E-state index < -0.39 is 0 Å². The summed E-state index contributed by atoms with van der Waals surface area (Å²) in [4.78, 5) is 11.4. The third kappa shape index (κ3) is 4.81. The Bertz CT molecular complexity index is 308. The number of rotatable bonds is 5. The highest BCUT2D eigenvalue weighted by Gasteiger charge is 2.27. The molecule has 104 valence electrons. The minimum Gasteiger partial charge on any atom is -0.466 e. The summed E-state index contributed by atoms with van der Waals surface area (Å²) < 4.78 is 4.74. The molecular weight excluding hydrogens is 226 g/mol. The van der Waals surface area contributed by atoms with Crippen LogP contribution in [-0.2, 0) is 9.53 Å². The average molecular weight is 253 g/mol. The van der Waals surface area contributed by atoms with Crippen molar-refractivity contribution in [3.05, 3.63) is 11.6 Å². The Morgan fingerprint density at radius 1 is 1.50 bits per heavy atom. The third-order valence-electron chi connectivity index (χ3n) is 3.79. The van der Waals surface area contributed by atoms with E-state index in [1.165, 1.54) is 32.8 Å². The van der Waals surface area contributed by atoms with Crippen molar-refractivity contribution in [2.75, 3.05) is 13.7 Å². The van der Waals surface area contributed by atoms with Gasteiger partial charge in [0.05, 0.1) is 7.11 Å². The predicted molar refractivity (Wildman–Crippen MR) is 74.4 cm³/mol. The van der Waals surface area contributed by atoms with Crippen LogP contribution in [0.3, 0.4) is 0 Å². The van der Waals surface area contributed by atoms with Crippen molar-refractivity contribution in [3.8, 4) is 0 Å². The van der Waals surface area contributed by atoms with Crippen LogP contribution >= 0.6 is 0 Å². The first kappa shape index (κ1) is 15.2. The van der Waals surface area contributed by atoms with Gasteiger partial charge in [-0.3, -0.25) is 0 Å². The molecular formula is C15H27NO2. The van der Waals surface area contributed by atoms with Crippen molar-refractivity contribution in [3.63, 3.8) is 0 Å². The van der Waals surface area contributed by atoms with Crippen molar-refractivity contribution in [1.82, 2.24) is 5.32 Å². The number of methoxy groups -OCH3 is 1. The minimum absolute atomic E-state index is 0.205. The van der Waals surface area contributed by atoms with Crippen LogP contribution in [-0.4, -0.2) is 25.7 Å². The van der Waals surface area contributed by atoms with Gasteiger partial charge in [0.15, 0.2) is 0 Å². The second-order valence-electron chi connectivity index (χ2n) is 5.94. The molecule has 0 aliphatic heterocycles. The summed E-state index contributed by atoms with van der Waals surface area (Å²) in [5, 5.41) is 3.54. The van der Waals surface area contributed by atoms with E-state index in [2.05, 4.69) is 19.2 Å². The topological polar surface area (TPSA) is 38.3 Å². The van der Waals surface area contributed by atoms with Crippen molar-refractivity contribution >= 4 is 5.97 Å². The first-order valence-electron chi connectivity index (χ1n) is 6.99. The number of hydrogen-bond donors (Lipinski definition) is 1. The van der Waals surface area contributed by atoms with E-state index in [9.17, 15) is 4.79 Å². The molecule has 1 saturated carbocycles. The smallest absolute Gasteiger partial charge is 0.333 e. The highest BCUT2D eigenvalue weighted by Crippen LogP contribution is 2.34. The predicted octanol–water partition coefficient (Wildman–Crippen LogP) is 3.05. The largest absolute Gasteiger partial charge is 0.466 e. The molecule has 1 fully saturated rings. The van der Waals surface area contributed by atoms with Crippen LogP contribution in [0.1, 0.15) is 52.9 Å². The Kier molecular flexibility index (Phi) is 5.86. The fourth-order valence-electron chi connectivity index (χ4n) is 2.72. The number of carbonyl (C=O) groups is 1. The van der Waals surface area contributed by atoms with Gasteiger partial charge in [0.25, 0.3) is 0 Å². The van der Waals surface area contributed by atoms with Crippen LogP contribution in [0.15, 0.2) is 11.6 Å². The van der Waals surface area contributed by atoms with Gasteiger partial charge >= 0.3 is 5.97 Å². The van der Waals surface area contributed by atoms with E-state index in [1.807, 2.05) is 13.0 Å².